The van der Waals surface area contributed by atoms with E-state index in [1.807, 2.05) is 18.2 Å². The van der Waals surface area contributed by atoms with Crippen LogP contribution >= 0.6 is 11.3 Å². The number of nitrogens with two attached hydrogens (primary N) is 1. The van der Waals surface area contributed by atoms with Crippen molar-refractivity contribution in [1.82, 2.24) is 5.32 Å². The Labute approximate surface area is 127 Å². The zero-order valence-corrected chi connectivity index (χ0v) is 12.7. The molecule has 21 heavy (non-hydrogen) atoms. The quantitative estimate of drug-likeness (QED) is 0.909. The number of nitrogen functional groups attached to an aromatic ring is 1. The highest BCUT2D eigenvalue weighted by atomic mass is 32.1. The zero-order chi connectivity index (χ0) is 14.8. The van der Waals surface area contributed by atoms with Crippen LogP contribution in [-0.4, -0.2) is 32.3 Å². The maximum atomic E-state index is 12.3. The fourth-order valence-corrected chi connectivity index (χ4v) is 3.63. The predicted molar refractivity (Wildman–Crippen MR) is 84.1 cm³/mol. The number of carbonyl (C=O) groups is 1. The normalized spacial score (nSPS) is 18.0. The van der Waals surface area contributed by atoms with Crippen LogP contribution in [0.1, 0.15) is 22.5 Å². The molecule has 5 nitrogen and oxygen atoms in total. The lowest BCUT2D eigenvalue weighted by Gasteiger charge is -2.10. The van der Waals surface area contributed by atoms with Crippen molar-refractivity contribution in [2.45, 2.75) is 18.9 Å². The summed E-state index contributed by atoms with van der Waals surface area (Å²) >= 11 is 1.39. The second-order valence-corrected chi connectivity index (χ2v) is 6.08. The number of rotatable bonds is 4. The van der Waals surface area contributed by atoms with Crippen molar-refractivity contribution >= 4 is 33.0 Å². The Morgan fingerprint density at radius 2 is 2.43 bits per heavy atom. The van der Waals surface area contributed by atoms with Crippen molar-refractivity contribution in [2.24, 2.45) is 0 Å². The van der Waals surface area contributed by atoms with E-state index in [4.69, 9.17) is 15.2 Å². The van der Waals surface area contributed by atoms with Gasteiger partial charge in [0.15, 0.2) is 0 Å². The van der Waals surface area contributed by atoms with Crippen LogP contribution in [0.25, 0.3) is 10.1 Å². The van der Waals surface area contributed by atoms with E-state index in [2.05, 4.69) is 5.32 Å². The molecule has 1 amide bonds. The Hall–Kier alpha value is -1.79. The van der Waals surface area contributed by atoms with E-state index in [9.17, 15) is 4.79 Å². The minimum atomic E-state index is -0.147. The summed E-state index contributed by atoms with van der Waals surface area (Å²) in [6.45, 7) is 1.31. The van der Waals surface area contributed by atoms with Crippen LogP contribution in [0.5, 0.6) is 5.75 Å². The maximum absolute atomic E-state index is 12.3. The summed E-state index contributed by atoms with van der Waals surface area (Å²) in [4.78, 5) is 12.8. The molecule has 112 valence electrons. The first-order valence-electron chi connectivity index (χ1n) is 6.95. The average Bonchev–Trinajstić information content (AvgIpc) is 3.13. The summed E-state index contributed by atoms with van der Waals surface area (Å²) < 4.78 is 11.8. The highest BCUT2D eigenvalue weighted by Gasteiger charge is 2.21. The number of hydrogen-bond donors (Lipinski definition) is 2. The van der Waals surface area contributed by atoms with Crippen LogP contribution in [0.15, 0.2) is 18.2 Å². The van der Waals surface area contributed by atoms with Gasteiger partial charge in [-0.2, -0.15) is 0 Å². The van der Waals surface area contributed by atoms with E-state index in [0.29, 0.717) is 22.9 Å². The van der Waals surface area contributed by atoms with Crippen molar-refractivity contribution in [1.29, 1.82) is 0 Å². The van der Waals surface area contributed by atoms with Gasteiger partial charge in [0.2, 0.25) is 0 Å². The molecular formula is C15H18N2O3S. The molecule has 1 aliphatic heterocycles. The van der Waals surface area contributed by atoms with Gasteiger partial charge in [0.1, 0.15) is 10.6 Å². The molecule has 1 aliphatic rings. The largest absolute Gasteiger partial charge is 0.496 e. The standard InChI is InChI=1S/C15H18N2O3S/c1-19-10-5-2-6-11-12(10)13(16)14(21-11)15(18)17-8-9-4-3-7-20-9/h2,5-6,9H,3-4,7-8,16H2,1H3,(H,17,18). The lowest BCUT2D eigenvalue weighted by atomic mass is 10.2. The molecule has 0 aliphatic carbocycles. The number of amides is 1. The minimum absolute atomic E-state index is 0.124. The van der Waals surface area contributed by atoms with Gasteiger partial charge in [-0.05, 0) is 25.0 Å². The Bertz CT molecular complexity index is 662. The van der Waals surface area contributed by atoms with E-state index < -0.39 is 0 Å². The summed E-state index contributed by atoms with van der Waals surface area (Å²) in [5, 5.41) is 3.72. The number of anilines is 1. The number of methoxy groups -OCH3 is 1. The van der Waals surface area contributed by atoms with Crippen molar-refractivity contribution < 1.29 is 14.3 Å². The van der Waals surface area contributed by atoms with Crippen molar-refractivity contribution in [3.05, 3.63) is 23.1 Å². The van der Waals surface area contributed by atoms with Crippen molar-refractivity contribution in [2.75, 3.05) is 26.0 Å². The summed E-state index contributed by atoms with van der Waals surface area (Å²) in [7, 11) is 1.60. The Kier molecular flexibility index (Phi) is 3.98. The van der Waals surface area contributed by atoms with E-state index >= 15 is 0 Å². The monoisotopic (exact) mass is 306 g/mol. The lowest BCUT2D eigenvalue weighted by molar-refractivity contribution is 0.0862. The first-order valence-corrected chi connectivity index (χ1v) is 7.77. The molecule has 3 rings (SSSR count). The van der Waals surface area contributed by atoms with Gasteiger partial charge in [-0.15, -0.1) is 11.3 Å². The lowest BCUT2D eigenvalue weighted by Crippen LogP contribution is -2.31. The van der Waals surface area contributed by atoms with Gasteiger partial charge in [0, 0.05) is 17.9 Å². The van der Waals surface area contributed by atoms with Crippen LogP contribution < -0.4 is 15.8 Å². The van der Waals surface area contributed by atoms with E-state index in [0.717, 1.165) is 29.5 Å². The summed E-state index contributed by atoms with van der Waals surface area (Å²) in [5.74, 6) is 0.547. The first-order chi connectivity index (χ1) is 10.2. The van der Waals surface area contributed by atoms with Crippen LogP contribution in [0.4, 0.5) is 5.69 Å². The van der Waals surface area contributed by atoms with Gasteiger partial charge >= 0.3 is 0 Å². The molecule has 1 aromatic carbocycles. The number of thiophene rings is 1. The number of nitrogens with one attached hydrogen (secondary N) is 1. The summed E-state index contributed by atoms with van der Waals surface area (Å²) in [5.41, 5.74) is 6.62. The molecule has 2 heterocycles. The third-order valence-electron chi connectivity index (χ3n) is 3.65. The first kappa shape index (κ1) is 14.2. The second kappa shape index (κ2) is 5.91. The third-order valence-corrected chi connectivity index (χ3v) is 4.82. The molecule has 1 atom stereocenters. The third kappa shape index (κ3) is 2.69. The molecule has 1 saturated heterocycles. The molecule has 1 unspecified atom stereocenters. The van der Waals surface area contributed by atoms with E-state index in [1.54, 1.807) is 7.11 Å². The molecular weight excluding hydrogens is 288 g/mol. The number of benzene rings is 1. The van der Waals surface area contributed by atoms with Crippen LogP contribution in [-0.2, 0) is 4.74 Å². The maximum Gasteiger partial charge on any atom is 0.263 e. The number of ether oxygens (including phenoxy) is 2. The van der Waals surface area contributed by atoms with Gasteiger partial charge in [0.05, 0.1) is 24.3 Å². The predicted octanol–water partition coefficient (Wildman–Crippen LogP) is 2.40. The Balaban J connectivity index is 1.82. The van der Waals surface area contributed by atoms with Gasteiger partial charge < -0.3 is 20.5 Å². The molecule has 0 radical (unpaired) electrons. The number of fused-ring (bicyclic) bond motifs is 1. The molecule has 3 N–H and O–H groups in total. The zero-order valence-electron chi connectivity index (χ0n) is 11.8. The molecule has 2 aromatic rings. The van der Waals surface area contributed by atoms with E-state index in [1.165, 1.54) is 11.3 Å². The topological polar surface area (TPSA) is 73.6 Å². The van der Waals surface area contributed by atoms with Gasteiger partial charge in [0.25, 0.3) is 5.91 Å². The molecule has 0 bridgehead atoms. The second-order valence-electron chi connectivity index (χ2n) is 5.02. The van der Waals surface area contributed by atoms with E-state index in [-0.39, 0.29) is 12.0 Å². The molecule has 1 aromatic heterocycles. The molecule has 1 fully saturated rings. The summed E-state index contributed by atoms with van der Waals surface area (Å²) in [6.07, 6.45) is 2.18. The van der Waals surface area contributed by atoms with Gasteiger partial charge in [-0.3, -0.25) is 4.79 Å². The van der Waals surface area contributed by atoms with Crippen LogP contribution in [0, 0.1) is 0 Å². The number of carbonyl (C=O) groups excluding carboxylic acids is 1. The molecule has 0 spiro atoms. The highest BCUT2D eigenvalue weighted by molar-refractivity contribution is 7.21. The van der Waals surface area contributed by atoms with Crippen molar-refractivity contribution in [3.63, 3.8) is 0 Å². The SMILES string of the molecule is COc1cccc2sc(C(=O)NCC3CCCO3)c(N)c12. The van der Waals surface area contributed by atoms with Crippen molar-refractivity contribution in [3.8, 4) is 5.75 Å². The smallest absolute Gasteiger partial charge is 0.263 e. The van der Waals surface area contributed by atoms with Gasteiger partial charge in [-0.25, -0.2) is 0 Å². The Morgan fingerprint density at radius 1 is 1.57 bits per heavy atom. The minimum Gasteiger partial charge on any atom is -0.496 e. The fraction of sp³-hybridized carbons (Fsp3) is 0.400. The fourth-order valence-electron chi connectivity index (χ4n) is 2.57. The number of hydrogen-bond acceptors (Lipinski definition) is 5. The Morgan fingerprint density at radius 3 is 3.14 bits per heavy atom. The average molecular weight is 306 g/mol. The highest BCUT2D eigenvalue weighted by Crippen LogP contribution is 2.39. The van der Waals surface area contributed by atoms with Crippen LogP contribution in [0.3, 0.4) is 0 Å². The molecule has 0 saturated carbocycles. The van der Waals surface area contributed by atoms with Crippen LogP contribution in [0.2, 0.25) is 0 Å². The summed E-state index contributed by atoms with van der Waals surface area (Å²) in [6, 6.07) is 5.68. The van der Waals surface area contributed by atoms with Gasteiger partial charge in [-0.1, -0.05) is 6.07 Å². The molecule has 6 heteroatoms.